The lowest BCUT2D eigenvalue weighted by molar-refractivity contribution is -0.157. The number of hydrogen-bond donors (Lipinski definition) is 8. The van der Waals surface area contributed by atoms with Gasteiger partial charge in [-0.1, -0.05) is 82.6 Å². The molecule has 0 saturated heterocycles. The number of esters is 2. The third kappa shape index (κ3) is 18.9. The molecule has 21 heteroatoms. The summed E-state index contributed by atoms with van der Waals surface area (Å²) in [5.41, 5.74) is 7.42. The molecule has 1 aliphatic rings. The van der Waals surface area contributed by atoms with Gasteiger partial charge in [0.15, 0.2) is 0 Å². The first-order valence-corrected chi connectivity index (χ1v) is 24.1. The summed E-state index contributed by atoms with van der Waals surface area (Å²) in [7, 11) is 0. The number of carbonyl (C=O) groups excluding carboxylic acids is 9. The molecule has 0 aliphatic heterocycles. The van der Waals surface area contributed by atoms with Crippen LogP contribution in [-0.2, 0) is 57.4 Å². The van der Waals surface area contributed by atoms with Crippen molar-refractivity contribution in [2.45, 2.75) is 168 Å². The van der Waals surface area contributed by atoms with Crippen LogP contribution < -0.4 is 37.6 Å². The number of ether oxygens (including phenoxy) is 3. The molecule has 0 saturated carbocycles. The number of fused-ring (bicyclic) bond motifs is 3. The first-order chi connectivity index (χ1) is 33.5. The Kier molecular flexibility index (Phi) is 21.7. The van der Waals surface area contributed by atoms with Crippen molar-refractivity contribution >= 4 is 59.4 Å². The maximum atomic E-state index is 14.0. The van der Waals surface area contributed by atoms with Crippen LogP contribution in [0, 0.1) is 11.8 Å². The lowest BCUT2D eigenvalue weighted by atomic mass is 9.97. The van der Waals surface area contributed by atoms with Crippen molar-refractivity contribution in [2.75, 3.05) is 6.61 Å². The first-order valence-electron chi connectivity index (χ1n) is 24.1. The second-order valence-electron chi connectivity index (χ2n) is 20.4. The fourth-order valence-electron chi connectivity index (χ4n) is 7.74. The topological polar surface area (TPSA) is 317 Å². The monoisotopic (exact) mass is 1010 g/mol. The highest BCUT2D eigenvalue weighted by Gasteiger charge is 2.36. The second kappa shape index (κ2) is 26.4. The van der Waals surface area contributed by atoms with Crippen LogP contribution >= 0.6 is 0 Å². The fourth-order valence-corrected chi connectivity index (χ4v) is 7.74. The van der Waals surface area contributed by atoms with Crippen LogP contribution in [0.25, 0.3) is 11.1 Å². The number of nitrogens with one attached hydrogen (secondary N) is 6. The van der Waals surface area contributed by atoms with Gasteiger partial charge in [-0.25, -0.2) is 9.59 Å². The summed E-state index contributed by atoms with van der Waals surface area (Å²) in [6, 6.07) is 6.24. The number of carbonyl (C=O) groups is 10. The molecular formula is C51H73N7O14. The largest absolute Gasteiger partial charge is 0.480 e. The SMILES string of the molecule is CCC(C)C(NC(=O)C(CC(C)C)NC(=O)C(CC(N)=O)NC(=O)C(CCC(=O)OC(C)(C)C)NC(=O)C(C)NC(=O)C(CC(=O)OC(C)(C)C)NC(=O)OCC1c2ccccc2-c2ccccc21)C(=O)O. The molecule has 0 fully saturated rings. The van der Waals surface area contributed by atoms with E-state index in [1.165, 1.54) is 6.92 Å². The van der Waals surface area contributed by atoms with Crippen molar-refractivity contribution in [2.24, 2.45) is 17.6 Å². The zero-order chi connectivity index (χ0) is 54.2. The Hall–Kier alpha value is -7.06. The molecule has 0 aromatic heterocycles. The summed E-state index contributed by atoms with van der Waals surface area (Å²) >= 11 is 0. The molecule has 72 heavy (non-hydrogen) atoms. The molecule has 7 unspecified atom stereocenters. The van der Waals surface area contributed by atoms with Gasteiger partial charge >= 0.3 is 24.0 Å². The van der Waals surface area contributed by atoms with Gasteiger partial charge in [-0.15, -0.1) is 0 Å². The highest BCUT2D eigenvalue weighted by Crippen LogP contribution is 2.44. The van der Waals surface area contributed by atoms with E-state index in [-0.39, 0.29) is 24.9 Å². The smallest absolute Gasteiger partial charge is 0.407 e. The summed E-state index contributed by atoms with van der Waals surface area (Å²) in [4.78, 5) is 133. The van der Waals surface area contributed by atoms with Crippen molar-refractivity contribution in [3.63, 3.8) is 0 Å². The van der Waals surface area contributed by atoms with Crippen LogP contribution in [0.2, 0.25) is 0 Å². The molecule has 7 amide bonds. The number of primary amides is 1. The van der Waals surface area contributed by atoms with E-state index in [1.807, 2.05) is 48.5 Å². The number of nitrogens with two attached hydrogens (primary N) is 1. The van der Waals surface area contributed by atoms with Gasteiger partial charge in [0, 0.05) is 12.3 Å². The van der Waals surface area contributed by atoms with Crippen molar-refractivity contribution in [3.8, 4) is 11.1 Å². The van der Waals surface area contributed by atoms with Gasteiger partial charge in [0.2, 0.25) is 35.4 Å². The van der Waals surface area contributed by atoms with Crippen LogP contribution in [0.4, 0.5) is 4.79 Å². The van der Waals surface area contributed by atoms with Crippen LogP contribution in [0.5, 0.6) is 0 Å². The Bertz CT molecular complexity index is 2260. The molecule has 396 valence electrons. The molecule has 2 aromatic rings. The van der Waals surface area contributed by atoms with E-state index >= 15 is 0 Å². The zero-order valence-electron chi connectivity index (χ0n) is 43.1. The average Bonchev–Trinajstić information content (AvgIpc) is 3.59. The summed E-state index contributed by atoms with van der Waals surface area (Å²) < 4.78 is 16.4. The van der Waals surface area contributed by atoms with Crippen molar-refractivity contribution in [1.29, 1.82) is 0 Å². The Morgan fingerprint density at radius 3 is 1.60 bits per heavy atom. The Labute approximate surface area is 420 Å². The quantitative estimate of drug-likeness (QED) is 0.0523. The van der Waals surface area contributed by atoms with E-state index in [4.69, 9.17) is 19.9 Å². The van der Waals surface area contributed by atoms with Crippen molar-refractivity contribution < 1.29 is 67.3 Å². The van der Waals surface area contributed by atoms with E-state index in [2.05, 4.69) is 31.9 Å². The van der Waals surface area contributed by atoms with Crippen molar-refractivity contribution in [1.82, 2.24) is 31.9 Å². The van der Waals surface area contributed by atoms with Gasteiger partial charge in [0.05, 0.1) is 12.8 Å². The van der Waals surface area contributed by atoms with Gasteiger partial charge in [-0.3, -0.25) is 38.4 Å². The number of carboxylic acid groups (broad SMARTS) is 1. The molecule has 1 aliphatic carbocycles. The van der Waals surface area contributed by atoms with Crippen molar-refractivity contribution in [3.05, 3.63) is 59.7 Å². The zero-order valence-corrected chi connectivity index (χ0v) is 43.1. The molecule has 0 bridgehead atoms. The molecule has 7 atom stereocenters. The summed E-state index contributed by atoms with van der Waals surface area (Å²) in [5, 5.41) is 24.4. The van der Waals surface area contributed by atoms with E-state index in [9.17, 15) is 53.1 Å². The van der Waals surface area contributed by atoms with Crippen LogP contribution in [0.15, 0.2) is 48.5 Å². The Balaban J connectivity index is 1.84. The predicted octanol–water partition coefficient (Wildman–Crippen LogP) is 3.24. The Morgan fingerprint density at radius 2 is 1.08 bits per heavy atom. The highest BCUT2D eigenvalue weighted by molar-refractivity contribution is 5.98. The minimum atomic E-state index is -1.74. The lowest BCUT2D eigenvalue weighted by Crippen LogP contribution is -2.60. The molecular weight excluding hydrogens is 935 g/mol. The maximum absolute atomic E-state index is 14.0. The molecule has 0 radical (unpaired) electrons. The molecule has 2 aromatic carbocycles. The van der Waals surface area contributed by atoms with Gasteiger partial charge in [-0.05, 0) is 95.4 Å². The standard InChI is InChI=1S/C51H73N7O14/c1-12-28(4)42(48(67)68)58-47(66)36(23-27(2)3)55-46(65)37(24-39(52)59)56-44(63)35(21-22-40(60)71-50(6,7)8)54-43(62)29(5)53-45(64)38(25-41(61)72-51(9,10)11)57-49(69)70-26-34-32-19-15-13-17-30(32)31-18-14-16-20-33(31)34/h13-20,27-29,34-38,42H,12,21-26H2,1-11H3,(H2,52,59)(H,53,64)(H,54,62)(H,55,65)(H,56,63)(H,57,69)(H,58,66)(H,67,68). The summed E-state index contributed by atoms with van der Waals surface area (Å²) in [5.74, 6) is -9.92. The number of hydrogen-bond acceptors (Lipinski definition) is 13. The van der Waals surface area contributed by atoms with E-state index in [0.29, 0.717) is 6.42 Å². The van der Waals surface area contributed by atoms with E-state index in [0.717, 1.165) is 22.3 Å². The molecule has 9 N–H and O–H groups in total. The summed E-state index contributed by atoms with van der Waals surface area (Å²) in [6.45, 7) is 17.7. The molecule has 21 nitrogen and oxygen atoms in total. The first kappa shape index (κ1) is 59.2. The number of rotatable bonds is 25. The molecule has 0 spiro atoms. The number of aliphatic carboxylic acids is 1. The van der Waals surface area contributed by atoms with Crippen LogP contribution in [-0.4, -0.2) is 119 Å². The fraction of sp³-hybridized carbons (Fsp3) is 0.569. The predicted molar refractivity (Wildman–Crippen MR) is 263 cm³/mol. The number of amides is 7. The number of alkyl carbamates (subject to hydrolysis) is 1. The average molecular weight is 1010 g/mol. The Morgan fingerprint density at radius 1 is 0.611 bits per heavy atom. The lowest BCUT2D eigenvalue weighted by Gasteiger charge is -2.28. The third-order valence-corrected chi connectivity index (χ3v) is 11.3. The number of carboxylic acids is 1. The molecule has 0 heterocycles. The minimum absolute atomic E-state index is 0.0275. The number of benzene rings is 2. The van der Waals surface area contributed by atoms with E-state index in [1.54, 1.807) is 69.2 Å². The van der Waals surface area contributed by atoms with Crippen LogP contribution in [0.1, 0.15) is 132 Å². The van der Waals surface area contributed by atoms with Gasteiger partial charge < -0.3 is 57.0 Å². The van der Waals surface area contributed by atoms with E-state index < -0.39 is 138 Å². The maximum Gasteiger partial charge on any atom is 0.407 e. The normalized spacial score (nSPS) is 15.1. The van der Waals surface area contributed by atoms with Gasteiger partial charge in [0.25, 0.3) is 0 Å². The van der Waals surface area contributed by atoms with Crippen LogP contribution in [0.3, 0.4) is 0 Å². The minimum Gasteiger partial charge on any atom is -0.480 e. The third-order valence-electron chi connectivity index (χ3n) is 11.3. The summed E-state index contributed by atoms with van der Waals surface area (Å²) in [6.07, 6.45) is -2.93. The second-order valence-corrected chi connectivity index (χ2v) is 20.4. The van der Waals surface area contributed by atoms with Gasteiger partial charge in [-0.2, -0.15) is 0 Å². The van der Waals surface area contributed by atoms with Gasteiger partial charge in [0.1, 0.15) is 54.1 Å². The highest BCUT2D eigenvalue weighted by atomic mass is 16.6. The molecule has 3 rings (SSSR count).